The van der Waals surface area contributed by atoms with Gasteiger partial charge in [-0.3, -0.25) is 9.10 Å². The minimum Gasteiger partial charge on any atom is -0.373 e. The first kappa shape index (κ1) is 23.6. The molecule has 1 N–H and O–H groups in total. The van der Waals surface area contributed by atoms with Crippen molar-refractivity contribution in [1.82, 2.24) is 5.32 Å². The topological polar surface area (TPSA) is 69.7 Å². The monoisotopic (exact) mass is 471 g/mol. The summed E-state index contributed by atoms with van der Waals surface area (Å²) >= 11 is 6.29. The van der Waals surface area contributed by atoms with Crippen molar-refractivity contribution in [3.63, 3.8) is 0 Å². The maximum atomic E-state index is 13.4. The summed E-state index contributed by atoms with van der Waals surface area (Å²) in [6, 6.07) is 22.9. The number of likely N-dealkylation sites (N-methyl/N-ethyl adjacent to an activating group) is 1. The maximum absolute atomic E-state index is 13.4. The zero-order valence-electron chi connectivity index (χ0n) is 18.0. The number of carbonyl (C=O) groups is 1. The molecular formula is C24H26ClN3O3S. The van der Waals surface area contributed by atoms with E-state index < -0.39 is 15.9 Å². The van der Waals surface area contributed by atoms with Crippen molar-refractivity contribution in [1.29, 1.82) is 0 Å². The lowest BCUT2D eigenvalue weighted by Gasteiger charge is -2.25. The highest BCUT2D eigenvalue weighted by Crippen LogP contribution is 2.30. The fourth-order valence-corrected chi connectivity index (χ4v) is 4.88. The fraction of sp³-hybridized carbons (Fsp3) is 0.208. The number of rotatable bonds is 9. The fourth-order valence-electron chi connectivity index (χ4n) is 3.15. The van der Waals surface area contributed by atoms with Gasteiger partial charge in [0, 0.05) is 25.8 Å². The smallest absolute Gasteiger partial charge is 0.264 e. The van der Waals surface area contributed by atoms with E-state index in [1.54, 1.807) is 36.4 Å². The van der Waals surface area contributed by atoms with Gasteiger partial charge in [0.2, 0.25) is 5.91 Å². The van der Waals surface area contributed by atoms with Crippen molar-refractivity contribution >= 4 is 38.9 Å². The highest BCUT2D eigenvalue weighted by molar-refractivity contribution is 7.92. The Morgan fingerprint density at radius 2 is 1.56 bits per heavy atom. The molecule has 0 saturated heterocycles. The molecule has 0 radical (unpaired) electrons. The van der Waals surface area contributed by atoms with Gasteiger partial charge in [0.15, 0.2) is 0 Å². The second kappa shape index (κ2) is 10.5. The Morgan fingerprint density at radius 3 is 2.22 bits per heavy atom. The molecule has 8 heteroatoms. The number of aryl methyl sites for hydroxylation is 1. The summed E-state index contributed by atoms with van der Waals surface area (Å²) in [7, 11) is -2.07. The molecule has 6 nitrogen and oxygen atoms in total. The van der Waals surface area contributed by atoms with Gasteiger partial charge in [-0.15, -0.1) is 0 Å². The van der Waals surface area contributed by atoms with Crippen molar-refractivity contribution in [2.75, 3.05) is 35.9 Å². The summed E-state index contributed by atoms with van der Waals surface area (Å²) < 4.78 is 27.8. The molecular weight excluding hydrogens is 446 g/mol. The number of carbonyl (C=O) groups excluding carboxylic acids is 1. The van der Waals surface area contributed by atoms with Crippen molar-refractivity contribution < 1.29 is 13.2 Å². The molecule has 0 aliphatic heterocycles. The molecule has 0 fully saturated rings. The molecule has 0 heterocycles. The minimum absolute atomic E-state index is 0.0969. The third-order valence-electron chi connectivity index (χ3n) is 4.98. The van der Waals surface area contributed by atoms with Crippen LogP contribution in [0.25, 0.3) is 0 Å². The Labute approximate surface area is 194 Å². The first-order valence-electron chi connectivity index (χ1n) is 10.2. The van der Waals surface area contributed by atoms with E-state index in [0.717, 1.165) is 15.6 Å². The average Bonchev–Trinajstić information content (AvgIpc) is 2.79. The van der Waals surface area contributed by atoms with Crippen molar-refractivity contribution in [2.24, 2.45) is 0 Å². The van der Waals surface area contributed by atoms with Crippen LogP contribution in [0.4, 0.5) is 11.4 Å². The van der Waals surface area contributed by atoms with Crippen LogP contribution in [-0.4, -0.2) is 41.0 Å². The second-order valence-electron chi connectivity index (χ2n) is 7.38. The van der Waals surface area contributed by atoms with Gasteiger partial charge in [0.1, 0.15) is 6.54 Å². The molecule has 0 saturated carbocycles. The third-order valence-corrected chi connectivity index (χ3v) is 7.08. The average molecular weight is 472 g/mol. The Balaban J connectivity index is 1.75. The van der Waals surface area contributed by atoms with Crippen LogP contribution in [0.2, 0.25) is 5.02 Å². The summed E-state index contributed by atoms with van der Waals surface area (Å²) in [6.45, 7) is 2.44. The molecule has 0 spiro atoms. The van der Waals surface area contributed by atoms with Crippen LogP contribution in [0.15, 0.2) is 83.8 Å². The summed E-state index contributed by atoms with van der Waals surface area (Å²) in [5.41, 5.74) is 2.22. The van der Waals surface area contributed by atoms with Crippen LogP contribution in [-0.2, 0) is 14.8 Å². The zero-order chi connectivity index (χ0) is 23.1. The first-order chi connectivity index (χ1) is 15.3. The van der Waals surface area contributed by atoms with E-state index in [4.69, 9.17) is 11.6 Å². The highest BCUT2D eigenvalue weighted by atomic mass is 35.5. The molecule has 0 aliphatic rings. The molecule has 0 unspecified atom stereocenters. The molecule has 3 rings (SSSR count). The second-order valence-corrected chi connectivity index (χ2v) is 9.65. The molecule has 1 amide bonds. The van der Waals surface area contributed by atoms with Gasteiger partial charge in [0.05, 0.1) is 15.6 Å². The number of nitrogens with zero attached hydrogens (tertiary/aromatic N) is 2. The lowest BCUT2D eigenvalue weighted by atomic mass is 10.2. The van der Waals surface area contributed by atoms with Gasteiger partial charge >= 0.3 is 0 Å². The highest BCUT2D eigenvalue weighted by Gasteiger charge is 2.28. The number of amides is 1. The summed E-state index contributed by atoms with van der Waals surface area (Å²) in [5, 5.41) is 3.06. The summed E-state index contributed by atoms with van der Waals surface area (Å²) in [4.78, 5) is 14.8. The minimum atomic E-state index is -4.00. The van der Waals surface area contributed by atoms with E-state index >= 15 is 0 Å². The van der Waals surface area contributed by atoms with Crippen LogP contribution < -0.4 is 14.5 Å². The van der Waals surface area contributed by atoms with Crippen molar-refractivity contribution in [3.05, 3.63) is 89.4 Å². The standard InChI is InChI=1S/C24H26ClN3O3S/c1-19-12-14-21(15-13-19)32(30,31)28(23-11-7-6-10-22(23)25)18-24(29)26-16-17-27(2)20-8-4-3-5-9-20/h3-15H,16-18H2,1-2H3,(H,26,29). The van der Waals surface area contributed by atoms with Crippen LogP contribution in [0.1, 0.15) is 5.56 Å². The third kappa shape index (κ3) is 5.81. The van der Waals surface area contributed by atoms with Gasteiger partial charge in [-0.05, 0) is 43.3 Å². The quantitative estimate of drug-likeness (QED) is 0.510. The van der Waals surface area contributed by atoms with Gasteiger partial charge in [0.25, 0.3) is 10.0 Å². The van der Waals surface area contributed by atoms with E-state index in [2.05, 4.69) is 5.32 Å². The van der Waals surface area contributed by atoms with Crippen LogP contribution in [0.5, 0.6) is 0 Å². The van der Waals surface area contributed by atoms with Crippen molar-refractivity contribution in [2.45, 2.75) is 11.8 Å². The van der Waals surface area contributed by atoms with E-state index in [1.165, 1.54) is 12.1 Å². The summed E-state index contributed by atoms with van der Waals surface area (Å²) in [6.07, 6.45) is 0. The SMILES string of the molecule is Cc1ccc(S(=O)(=O)N(CC(=O)NCCN(C)c2ccccc2)c2ccccc2Cl)cc1. The number of para-hydroxylation sites is 2. The largest absolute Gasteiger partial charge is 0.373 e. The number of benzene rings is 3. The normalized spacial score (nSPS) is 11.1. The number of sulfonamides is 1. The number of hydrogen-bond donors (Lipinski definition) is 1. The van der Waals surface area contributed by atoms with Gasteiger partial charge < -0.3 is 10.2 Å². The van der Waals surface area contributed by atoms with Crippen LogP contribution in [0, 0.1) is 6.92 Å². The molecule has 32 heavy (non-hydrogen) atoms. The molecule has 0 aromatic heterocycles. The maximum Gasteiger partial charge on any atom is 0.264 e. The van der Waals surface area contributed by atoms with Crippen LogP contribution in [0.3, 0.4) is 0 Å². The number of hydrogen-bond acceptors (Lipinski definition) is 4. The molecule has 0 aliphatic carbocycles. The number of halogens is 1. The Hall–Kier alpha value is -3.03. The molecule has 0 bridgehead atoms. The van der Waals surface area contributed by atoms with E-state index in [9.17, 15) is 13.2 Å². The van der Waals surface area contributed by atoms with E-state index in [1.807, 2.05) is 49.2 Å². The molecule has 0 atom stereocenters. The lowest BCUT2D eigenvalue weighted by molar-refractivity contribution is -0.119. The molecule has 168 valence electrons. The summed E-state index contributed by atoms with van der Waals surface area (Å²) in [5.74, 6) is -0.415. The van der Waals surface area contributed by atoms with Gasteiger partial charge in [-0.25, -0.2) is 8.42 Å². The number of nitrogens with one attached hydrogen (secondary N) is 1. The van der Waals surface area contributed by atoms with E-state index in [0.29, 0.717) is 13.1 Å². The predicted molar refractivity (Wildman–Crippen MR) is 130 cm³/mol. The van der Waals surface area contributed by atoms with Gasteiger partial charge in [-0.2, -0.15) is 0 Å². The predicted octanol–water partition coefficient (Wildman–Crippen LogP) is 4.10. The molecule has 3 aromatic rings. The Bertz CT molecular complexity index is 1150. The zero-order valence-corrected chi connectivity index (χ0v) is 19.6. The first-order valence-corrected chi connectivity index (χ1v) is 12.0. The van der Waals surface area contributed by atoms with E-state index in [-0.39, 0.29) is 22.2 Å². The lowest BCUT2D eigenvalue weighted by Crippen LogP contribution is -2.42. The Morgan fingerprint density at radius 1 is 0.938 bits per heavy atom. The van der Waals surface area contributed by atoms with Crippen LogP contribution >= 0.6 is 11.6 Å². The molecule has 3 aromatic carbocycles. The van der Waals surface area contributed by atoms with Gasteiger partial charge in [-0.1, -0.05) is 59.6 Å². The van der Waals surface area contributed by atoms with Crippen molar-refractivity contribution in [3.8, 4) is 0 Å². The number of anilines is 2. The Kier molecular flexibility index (Phi) is 7.77.